The Balaban J connectivity index is 0.00000117. The number of carbonyl (C=O) groups excluding carboxylic acids is 1. The Bertz CT molecular complexity index is 651. The molecule has 1 spiro atoms. The fourth-order valence-corrected chi connectivity index (χ4v) is 3.70. The van der Waals surface area contributed by atoms with Crippen LogP contribution >= 0.6 is 0 Å². The number of rotatable bonds is 5. The van der Waals surface area contributed by atoms with Gasteiger partial charge >= 0.3 is 6.09 Å². The number of ether oxygens (including phenoxy) is 1. The summed E-state index contributed by atoms with van der Waals surface area (Å²) in [6.45, 7) is 12.9. The Morgan fingerprint density at radius 1 is 1.15 bits per heavy atom. The lowest BCUT2D eigenvalue weighted by Gasteiger charge is -2.30. The first-order valence-electron chi connectivity index (χ1n) is 9.68. The number of hydrogen-bond acceptors (Lipinski definition) is 2. The van der Waals surface area contributed by atoms with E-state index in [1.165, 1.54) is 6.42 Å². The molecular formula is C23H31NO2. The molecule has 3 rings (SSSR count). The van der Waals surface area contributed by atoms with E-state index in [9.17, 15) is 4.79 Å². The Hall–Kier alpha value is -2.29. The molecule has 1 aliphatic carbocycles. The molecule has 1 aromatic rings. The summed E-state index contributed by atoms with van der Waals surface area (Å²) in [6.07, 6.45) is 10.9. The number of allylic oxidation sites excluding steroid dienone is 4. The van der Waals surface area contributed by atoms with Crippen molar-refractivity contribution in [3.05, 3.63) is 66.8 Å². The van der Waals surface area contributed by atoms with Crippen LogP contribution in [0.15, 0.2) is 55.7 Å². The Labute approximate surface area is 158 Å². The van der Waals surface area contributed by atoms with Crippen molar-refractivity contribution in [1.29, 1.82) is 0 Å². The summed E-state index contributed by atoms with van der Waals surface area (Å²) in [7, 11) is 0. The van der Waals surface area contributed by atoms with Gasteiger partial charge in [0.1, 0.15) is 5.60 Å². The van der Waals surface area contributed by atoms with Crippen molar-refractivity contribution in [2.75, 3.05) is 6.54 Å². The van der Waals surface area contributed by atoms with Crippen LogP contribution < -0.4 is 0 Å². The maximum atomic E-state index is 12.2. The summed E-state index contributed by atoms with van der Waals surface area (Å²) in [5.74, 6) is 0. The van der Waals surface area contributed by atoms with Gasteiger partial charge in [0, 0.05) is 6.54 Å². The highest BCUT2D eigenvalue weighted by molar-refractivity contribution is 5.75. The van der Waals surface area contributed by atoms with E-state index in [1.807, 2.05) is 30.9 Å². The van der Waals surface area contributed by atoms with E-state index in [-0.39, 0.29) is 11.7 Å². The monoisotopic (exact) mass is 353 g/mol. The van der Waals surface area contributed by atoms with E-state index < -0.39 is 0 Å². The van der Waals surface area contributed by atoms with Crippen LogP contribution in [0.2, 0.25) is 0 Å². The minimum Gasteiger partial charge on any atom is -0.441 e. The van der Waals surface area contributed by atoms with Crippen LogP contribution in [0, 0.1) is 0 Å². The van der Waals surface area contributed by atoms with E-state index in [4.69, 9.17) is 4.74 Å². The zero-order valence-electron chi connectivity index (χ0n) is 16.2. The molecule has 1 aliphatic heterocycles. The fourth-order valence-electron chi connectivity index (χ4n) is 3.70. The topological polar surface area (TPSA) is 29.5 Å². The van der Waals surface area contributed by atoms with Crippen molar-refractivity contribution in [3.63, 3.8) is 0 Å². The maximum Gasteiger partial charge on any atom is 0.410 e. The minimum atomic E-state index is -0.224. The highest BCUT2D eigenvalue weighted by Gasteiger charge is 2.45. The lowest BCUT2D eigenvalue weighted by atomic mass is 9.85. The molecule has 3 nitrogen and oxygen atoms in total. The fraction of sp³-hybridized carbons (Fsp3) is 0.435. The van der Waals surface area contributed by atoms with Crippen LogP contribution in [0.4, 0.5) is 4.79 Å². The third-order valence-corrected chi connectivity index (χ3v) is 4.98. The van der Waals surface area contributed by atoms with Crippen LogP contribution in [-0.2, 0) is 11.3 Å². The number of nitrogens with zero attached hydrogens (tertiary/aromatic N) is 1. The van der Waals surface area contributed by atoms with Crippen molar-refractivity contribution in [3.8, 4) is 0 Å². The minimum absolute atomic E-state index is 0.167. The predicted octanol–water partition coefficient (Wildman–Crippen LogP) is 6.12. The van der Waals surface area contributed by atoms with E-state index >= 15 is 0 Å². The van der Waals surface area contributed by atoms with Crippen molar-refractivity contribution >= 4 is 11.7 Å². The Kier molecular flexibility index (Phi) is 7.26. The Morgan fingerprint density at radius 2 is 1.81 bits per heavy atom. The van der Waals surface area contributed by atoms with E-state index in [0.717, 1.165) is 48.9 Å². The molecule has 1 aromatic carbocycles. The second kappa shape index (κ2) is 9.42. The van der Waals surface area contributed by atoms with Crippen molar-refractivity contribution in [1.82, 2.24) is 4.90 Å². The SMILES string of the molecule is C=C/C=C(\C=C)c1ccc(CN2CC3(CCCCC3)OC2=O)cc1.CC. The predicted molar refractivity (Wildman–Crippen MR) is 109 cm³/mol. The average molecular weight is 354 g/mol. The van der Waals surface area contributed by atoms with Crippen LogP contribution in [0.1, 0.15) is 57.1 Å². The molecule has 1 saturated carbocycles. The summed E-state index contributed by atoms with van der Waals surface area (Å²) in [5, 5.41) is 0. The van der Waals surface area contributed by atoms with Crippen LogP contribution in [0.5, 0.6) is 0 Å². The zero-order valence-corrected chi connectivity index (χ0v) is 16.2. The molecule has 0 aromatic heterocycles. The first-order chi connectivity index (χ1) is 12.7. The summed E-state index contributed by atoms with van der Waals surface area (Å²) in [6, 6.07) is 8.25. The van der Waals surface area contributed by atoms with Gasteiger partial charge in [-0.25, -0.2) is 4.79 Å². The highest BCUT2D eigenvalue weighted by Crippen LogP contribution is 2.37. The number of amides is 1. The summed E-state index contributed by atoms with van der Waals surface area (Å²) < 4.78 is 5.74. The largest absolute Gasteiger partial charge is 0.441 e. The van der Waals surface area contributed by atoms with Gasteiger partial charge in [-0.3, -0.25) is 4.90 Å². The van der Waals surface area contributed by atoms with Gasteiger partial charge in [0.15, 0.2) is 0 Å². The van der Waals surface area contributed by atoms with Gasteiger partial charge in [0.25, 0.3) is 0 Å². The third kappa shape index (κ3) is 4.66. The highest BCUT2D eigenvalue weighted by atomic mass is 16.6. The number of hydrogen-bond donors (Lipinski definition) is 0. The van der Waals surface area contributed by atoms with Gasteiger partial charge in [0.2, 0.25) is 0 Å². The molecule has 1 saturated heterocycles. The zero-order chi connectivity index (χ0) is 19.0. The molecule has 140 valence electrons. The van der Waals surface area contributed by atoms with Crippen LogP contribution in [0.3, 0.4) is 0 Å². The maximum absolute atomic E-state index is 12.2. The quantitative estimate of drug-likeness (QED) is 0.596. The van der Waals surface area contributed by atoms with Gasteiger partial charge < -0.3 is 4.74 Å². The van der Waals surface area contributed by atoms with Gasteiger partial charge in [-0.1, -0.05) is 75.9 Å². The molecule has 0 atom stereocenters. The molecule has 2 aliphatic rings. The van der Waals surface area contributed by atoms with E-state index in [2.05, 4.69) is 37.4 Å². The lowest BCUT2D eigenvalue weighted by Crippen LogP contribution is -2.36. The van der Waals surface area contributed by atoms with Crippen molar-refractivity contribution in [2.45, 2.75) is 58.1 Å². The molecule has 1 amide bonds. The van der Waals surface area contributed by atoms with Gasteiger partial charge in [-0.05, 0) is 42.4 Å². The standard InChI is InChI=1S/C21H25NO2.C2H6/c1-3-8-18(4-2)19-11-9-17(10-12-19)15-22-16-21(24-20(22)23)13-6-5-7-14-21;1-2/h3-4,8-12H,1-2,5-7,13-16H2;1-2H3/b18-8+;. The molecule has 0 unspecified atom stereocenters. The normalized spacial score (nSPS) is 18.8. The average Bonchev–Trinajstić information content (AvgIpc) is 2.97. The molecule has 1 heterocycles. The second-order valence-corrected chi connectivity index (χ2v) is 6.73. The van der Waals surface area contributed by atoms with Crippen LogP contribution in [-0.4, -0.2) is 23.1 Å². The lowest BCUT2D eigenvalue weighted by molar-refractivity contribution is 0.0260. The molecule has 0 bridgehead atoms. The van der Waals surface area contributed by atoms with Gasteiger partial charge in [-0.2, -0.15) is 0 Å². The summed E-state index contributed by atoms with van der Waals surface area (Å²) in [4.78, 5) is 14.1. The molecule has 3 heteroatoms. The molecule has 2 fully saturated rings. The number of benzene rings is 1. The smallest absolute Gasteiger partial charge is 0.410 e. The van der Waals surface area contributed by atoms with Crippen molar-refractivity contribution < 1.29 is 9.53 Å². The first-order valence-corrected chi connectivity index (χ1v) is 9.68. The van der Waals surface area contributed by atoms with Crippen molar-refractivity contribution in [2.24, 2.45) is 0 Å². The first kappa shape index (κ1) is 20.0. The van der Waals surface area contributed by atoms with Gasteiger partial charge in [-0.15, -0.1) is 0 Å². The summed E-state index contributed by atoms with van der Waals surface area (Å²) >= 11 is 0. The molecule has 0 radical (unpaired) electrons. The summed E-state index contributed by atoms with van der Waals surface area (Å²) in [5.41, 5.74) is 3.03. The molecular weight excluding hydrogens is 322 g/mol. The van der Waals surface area contributed by atoms with E-state index in [0.29, 0.717) is 6.54 Å². The number of carbonyl (C=O) groups is 1. The molecule has 26 heavy (non-hydrogen) atoms. The second-order valence-electron chi connectivity index (χ2n) is 6.73. The van der Waals surface area contributed by atoms with Crippen LogP contribution in [0.25, 0.3) is 5.57 Å². The third-order valence-electron chi connectivity index (χ3n) is 4.98. The van der Waals surface area contributed by atoms with Gasteiger partial charge in [0.05, 0.1) is 6.54 Å². The molecule has 0 N–H and O–H groups in total. The van der Waals surface area contributed by atoms with E-state index in [1.54, 1.807) is 6.08 Å². The Morgan fingerprint density at radius 3 is 2.38 bits per heavy atom.